The lowest BCUT2D eigenvalue weighted by Crippen LogP contribution is -2.42. The number of halogens is 2. The van der Waals surface area contributed by atoms with Crippen molar-refractivity contribution in [1.29, 1.82) is 0 Å². The molecule has 0 bridgehead atoms. The first-order valence-corrected chi connectivity index (χ1v) is 6.30. The van der Waals surface area contributed by atoms with Gasteiger partial charge in [0.1, 0.15) is 5.52 Å². The maximum absolute atomic E-state index is 13.3. The van der Waals surface area contributed by atoms with Crippen molar-refractivity contribution in [3.8, 4) is 0 Å². The zero-order chi connectivity index (χ0) is 13.5. The predicted octanol–water partition coefficient (Wildman–Crippen LogP) is 1.76. The number of aromatic amines is 1. The largest absolute Gasteiger partial charge is 0.330 e. The minimum Gasteiger partial charge on any atom is -0.330 e. The molecule has 0 unspecified atom stereocenters. The van der Waals surface area contributed by atoms with Crippen LogP contribution in [0.5, 0.6) is 0 Å². The first-order valence-electron chi connectivity index (χ1n) is 6.30. The van der Waals surface area contributed by atoms with E-state index in [0.29, 0.717) is 30.6 Å². The summed E-state index contributed by atoms with van der Waals surface area (Å²) in [4.78, 5) is 4.20. The second kappa shape index (κ2) is 4.19. The van der Waals surface area contributed by atoms with Gasteiger partial charge in [-0.2, -0.15) is 10.3 Å². The molecule has 0 amide bonds. The average Bonchev–Trinajstić information content (AvgIpc) is 2.87. The van der Waals surface area contributed by atoms with Crippen LogP contribution in [0.1, 0.15) is 31.2 Å². The van der Waals surface area contributed by atoms with Crippen LogP contribution in [0.15, 0.2) is 12.3 Å². The van der Waals surface area contributed by atoms with Gasteiger partial charge in [-0.3, -0.25) is 0 Å². The second-order valence-electron chi connectivity index (χ2n) is 5.23. The van der Waals surface area contributed by atoms with Crippen LogP contribution in [-0.4, -0.2) is 32.9 Å². The summed E-state index contributed by atoms with van der Waals surface area (Å²) >= 11 is 0. The number of hydrogen-bond donors (Lipinski definition) is 2. The van der Waals surface area contributed by atoms with E-state index in [1.54, 1.807) is 6.20 Å². The highest BCUT2D eigenvalue weighted by molar-refractivity contribution is 5.69. The fourth-order valence-corrected chi connectivity index (χ4v) is 2.74. The summed E-state index contributed by atoms with van der Waals surface area (Å²) in [7, 11) is 0. The summed E-state index contributed by atoms with van der Waals surface area (Å²) in [6, 6.07) is 1.85. The van der Waals surface area contributed by atoms with E-state index < -0.39 is 11.3 Å². The lowest BCUT2D eigenvalue weighted by atomic mass is 9.69. The van der Waals surface area contributed by atoms with Gasteiger partial charge in [-0.1, -0.05) is 0 Å². The molecule has 0 aliphatic heterocycles. The van der Waals surface area contributed by atoms with Crippen LogP contribution in [0, 0.1) is 0 Å². The van der Waals surface area contributed by atoms with Crippen molar-refractivity contribution < 1.29 is 8.78 Å². The smallest absolute Gasteiger partial charge is 0.248 e. The number of nitrogens with one attached hydrogen (secondary N) is 1. The van der Waals surface area contributed by atoms with E-state index >= 15 is 0 Å². The number of nitrogens with two attached hydrogens (primary N) is 1. The number of rotatable bonds is 2. The maximum atomic E-state index is 13.3. The molecule has 0 saturated heterocycles. The van der Waals surface area contributed by atoms with E-state index in [1.165, 1.54) is 0 Å². The molecule has 1 aliphatic rings. The van der Waals surface area contributed by atoms with Crippen LogP contribution in [0.2, 0.25) is 0 Å². The van der Waals surface area contributed by atoms with Crippen molar-refractivity contribution in [1.82, 2.24) is 20.4 Å². The van der Waals surface area contributed by atoms with Crippen LogP contribution in [0.4, 0.5) is 8.78 Å². The minimum atomic E-state index is -2.57. The number of fused-ring (bicyclic) bond motifs is 1. The van der Waals surface area contributed by atoms with Crippen LogP contribution in [-0.2, 0) is 5.41 Å². The normalized spacial score (nSPS) is 21.6. The lowest BCUT2D eigenvalue weighted by molar-refractivity contribution is -0.0509. The Morgan fingerprint density at radius 3 is 2.63 bits per heavy atom. The summed E-state index contributed by atoms with van der Waals surface area (Å²) in [5, 5.41) is 10.4. The van der Waals surface area contributed by atoms with Crippen LogP contribution in [0.25, 0.3) is 11.2 Å². The molecule has 1 fully saturated rings. The van der Waals surface area contributed by atoms with E-state index in [-0.39, 0.29) is 12.8 Å². The maximum Gasteiger partial charge on any atom is 0.248 e. The Bertz CT molecular complexity index is 585. The van der Waals surface area contributed by atoms with Gasteiger partial charge in [0, 0.05) is 31.0 Å². The molecule has 3 N–H and O–H groups in total. The summed E-state index contributed by atoms with van der Waals surface area (Å²) in [5.74, 6) is -2.57. The van der Waals surface area contributed by atoms with Gasteiger partial charge in [0.25, 0.3) is 0 Å². The van der Waals surface area contributed by atoms with E-state index in [0.717, 1.165) is 5.56 Å². The molecule has 1 aliphatic carbocycles. The Morgan fingerprint density at radius 2 is 1.95 bits per heavy atom. The Balaban J connectivity index is 1.97. The standard InChI is InChI=1S/C12H15F2N5/c13-12(14)3-1-11(7-15,2-4-12)8-5-9-10(16-6-8)18-19-17-9/h5-6H,1-4,7,15H2,(H,16,17,18,19). The molecule has 0 aromatic carbocycles. The first-order chi connectivity index (χ1) is 9.05. The van der Waals surface area contributed by atoms with Crippen molar-refractivity contribution >= 4 is 11.2 Å². The van der Waals surface area contributed by atoms with E-state index in [2.05, 4.69) is 20.4 Å². The van der Waals surface area contributed by atoms with Crippen LogP contribution in [0.3, 0.4) is 0 Å². The highest BCUT2D eigenvalue weighted by atomic mass is 19.3. The summed E-state index contributed by atoms with van der Waals surface area (Å²) in [5.41, 5.74) is 7.49. The Morgan fingerprint density at radius 1 is 1.21 bits per heavy atom. The topological polar surface area (TPSA) is 80.5 Å². The number of alkyl halides is 2. The van der Waals surface area contributed by atoms with Gasteiger partial charge in [0.2, 0.25) is 11.6 Å². The monoisotopic (exact) mass is 267 g/mol. The predicted molar refractivity (Wildman–Crippen MR) is 65.8 cm³/mol. The fourth-order valence-electron chi connectivity index (χ4n) is 2.74. The summed E-state index contributed by atoms with van der Waals surface area (Å²) < 4.78 is 26.6. The summed E-state index contributed by atoms with van der Waals surface area (Å²) in [6.45, 7) is 0.341. The molecule has 0 atom stereocenters. The van der Waals surface area contributed by atoms with E-state index in [1.807, 2.05) is 6.07 Å². The van der Waals surface area contributed by atoms with Crippen molar-refractivity contribution in [2.45, 2.75) is 37.0 Å². The van der Waals surface area contributed by atoms with Crippen molar-refractivity contribution in [2.75, 3.05) is 6.54 Å². The van der Waals surface area contributed by atoms with Crippen LogP contribution < -0.4 is 5.73 Å². The second-order valence-corrected chi connectivity index (χ2v) is 5.23. The highest BCUT2D eigenvalue weighted by Gasteiger charge is 2.43. The molecule has 0 spiro atoms. The van der Waals surface area contributed by atoms with Gasteiger partial charge < -0.3 is 5.73 Å². The van der Waals surface area contributed by atoms with Crippen molar-refractivity contribution in [3.63, 3.8) is 0 Å². The van der Waals surface area contributed by atoms with Crippen molar-refractivity contribution in [2.24, 2.45) is 5.73 Å². The SMILES string of the molecule is NCC1(c2cnc3n[nH]nc3c2)CCC(F)(F)CC1. The number of H-pyrrole nitrogens is 1. The Kier molecular flexibility index (Phi) is 2.74. The molecule has 1 saturated carbocycles. The quantitative estimate of drug-likeness (QED) is 0.868. The molecule has 0 radical (unpaired) electrons. The highest BCUT2D eigenvalue weighted by Crippen LogP contribution is 2.44. The van der Waals surface area contributed by atoms with Gasteiger partial charge in [-0.25, -0.2) is 13.8 Å². The third-order valence-corrected chi connectivity index (χ3v) is 4.12. The average molecular weight is 267 g/mol. The van der Waals surface area contributed by atoms with Crippen molar-refractivity contribution in [3.05, 3.63) is 17.8 Å². The van der Waals surface area contributed by atoms with Gasteiger partial charge >= 0.3 is 0 Å². The van der Waals surface area contributed by atoms with Gasteiger partial charge in [-0.15, -0.1) is 5.10 Å². The number of pyridine rings is 1. The third kappa shape index (κ3) is 2.07. The van der Waals surface area contributed by atoms with E-state index in [4.69, 9.17) is 5.73 Å². The summed E-state index contributed by atoms with van der Waals surface area (Å²) in [6.07, 6.45) is 2.19. The van der Waals surface area contributed by atoms with E-state index in [9.17, 15) is 8.78 Å². The molecular weight excluding hydrogens is 252 g/mol. The van der Waals surface area contributed by atoms with Gasteiger partial charge in [0.15, 0.2) is 0 Å². The molecule has 2 aromatic rings. The molecule has 5 nitrogen and oxygen atoms in total. The zero-order valence-corrected chi connectivity index (χ0v) is 10.4. The molecule has 19 heavy (non-hydrogen) atoms. The first kappa shape index (κ1) is 12.4. The fraction of sp³-hybridized carbons (Fsp3) is 0.583. The Labute approximate surface area is 108 Å². The van der Waals surface area contributed by atoms with Gasteiger partial charge in [-0.05, 0) is 24.5 Å². The molecule has 2 aromatic heterocycles. The number of aromatic nitrogens is 4. The molecule has 102 valence electrons. The van der Waals surface area contributed by atoms with Gasteiger partial charge in [0.05, 0.1) is 0 Å². The lowest BCUT2D eigenvalue weighted by Gasteiger charge is -2.39. The number of hydrogen-bond acceptors (Lipinski definition) is 4. The Hall–Kier alpha value is -1.63. The zero-order valence-electron chi connectivity index (χ0n) is 10.4. The molecule has 7 heteroatoms. The molecule has 3 rings (SSSR count). The molecule has 2 heterocycles. The number of nitrogens with zero attached hydrogens (tertiary/aromatic N) is 3. The van der Waals surface area contributed by atoms with Crippen LogP contribution >= 0.6 is 0 Å². The minimum absolute atomic E-state index is 0.124. The molecular formula is C12H15F2N5. The third-order valence-electron chi connectivity index (χ3n) is 4.12.